The van der Waals surface area contributed by atoms with E-state index in [9.17, 15) is 14.0 Å². The van der Waals surface area contributed by atoms with Crippen LogP contribution in [-0.4, -0.2) is 28.4 Å². The van der Waals surface area contributed by atoms with Crippen molar-refractivity contribution in [3.63, 3.8) is 0 Å². The highest BCUT2D eigenvalue weighted by Crippen LogP contribution is 2.45. The van der Waals surface area contributed by atoms with Gasteiger partial charge in [-0.3, -0.25) is 4.79 Å². The fourth-order valence-electron chi connectivity index (χ4n) is 4.24. The first-order chi connectivity index (χ1) is 12.5. The van der Waals surface area contributed by atoms with Crippen molar-refractivity contribution in [2.75, 3.05) is 11.4 Å². The van der Waals surface area contributed by atoms with Crippen LogP contribution in [0.5, 0.6) is 0 Å². The summed E-state index contributed by atoms with van der Waals surface area (Å²) in [6, 6.07) is 13.2. The lowest BCUT2D eigenvalue weighted by Gasteiger charge is -2.35. The second-order valence-electron chi connectivity index (χ2n) is 6.87. The smallest absolute Gasteiger partial charge is 0.332 e. The van der Waals surface area contributed by atoms with Crippen LogP contribution in [0.1, 0.15) is 18.2 Å². The van der Waals surface area contributed by atoms with Crippen molar-refractivity contribution in [1.82, 2.24) is 9.88 Å². The zero-order chi connectivity index (χ0) is 18.1. The van der Waals surface area contributed by atoms with Crippen LogP contribution < -0.4 is 4.90 Å². The molecule has 130 valence electrons. The first-order valence-corrected chi connectivity index (χ1v) is 8.54. The highest BCUT2D eigenvalue weighted by Gasteiger charge is 2.59. The maximum absolute atomic E-state index is 14.3. The van der Waals surface area contributed by atoms with Crippen LogP contribution in [0, 0.1) is 5.82 Å². The Labute approximate surface area is 149 Å². The van der Waals surface area contributed by atoms with Crippen LogP contribution in [0.25, 0.3) is 10.9 Å². The minimum atomic E-state index is -1.16. The lowest BCUT2D eigenvalue weighted by atomic mass is 9.87. The Balaban J connectivity index is 1.72. The fraction of sp³-hybridized carbons (Fsp3) is 0.200. The summed E-state index contributed by atoms with van der Waals surface area (Å²) in [6.45, 7) is 2.16. The standard InChI is InChI=1S/C20H16FN3O2/c1-20-17-13(12-6-2-4-8-15(12)22-17)10-11-23(20)19(26)24(18(20)25)16-9-5-3-7-14(16)21/h2-9,22H,10-11H2,1H3/t20-/m1/s1. The predicted molar refractivity (Wildman–Crippen MR) is 95.3 cm³/mol. The van der Waals surface area contributed by atoms with Gasteiger partial charge in [-0.25, -0.2) is 14.1 Å². The van der Waals surface area contributed by atoms with E-state index in [0.717, 1.165) is 27.1 Å². The molecule has 6 heteroatoms. The molecule has 2 aromatic carbocycles. The summed E-state index contributed by atoms with van der Waals surface area (Å²) in [5.74, 6) is -1.02. The van der Waals surface area contributed by atoms with Crippen molar-refractivity contribution in [3.05, 3.63) is 65.6 Å². The van der Waals surface area contributed by atoms with Gasteiger partial charge in [-0.2, -0.15) is 0 Å². The zero-order valence-corrected chi connectivity index (χ0v) is 14.1. The number of anilines is 1. The Bertz CT molecular complexity index is 1090. The number of halogens is 1. The third-order valence-electron chi connectivity index (χ3n) is 5.56. The first-order valence-electron chi connectivity index (χ1n) is 8.54. The van der Waals surface area contributed by atoms with Gasteiger partial charge in [-0.05, 0) is 37.1 Å². The molecule has 1 atom stereocenters. The molecule has 0 unspecified atom stereocenters. The van der Waals surface area contributed by atoms with E-state index in [2.05, 4.69) is 4.98 Å². The summed E-state index contributed by atoms with van der Waals surface area (Å²) >= 11 is 0. The van der Waals surface area contributed by atoms with Gasteiger partial charge in [0.15, 0.2) is 5.54 Å². The molecule has 5 rings (SSSR count). The normalized spacial score (nSPS) is 22.1. The van der Waals surface area contributed by atoms with Gasteiger partial charge < -0.3 is 9.88 Å². The molecule has 3 aromatic rings. The molecule has 3 amide bonds. The molecule has 0 bridgehead atoms. The van der Waals surface area contributed by atoms with Crippen molar-refractivity contribution >= 4 is 28.5 Å². The van der Waals surface area contributed by atoms with E-state index in [-0.39, 0.29) is 5.69 Å². The van der Waals surface area contributed by atoms with E-state index in [4.69, 9.17) is 0 Å². The summed E-state index contributed by atoms with van der Waals surface area (Å²) in [7, 11) is 0. The largest absolute Gasteiger partial charge is 0.356 e. The van der Waals surface area contributed by atoms with Gasteiger partial charge in [0.05, 0.1) is 11.4 Å². The minimum Gasteiger partial charge on any atom is -0.356 e. The van der Waals surface area contributed by atoms with Gasteiger partial charge in [-0.1, -0.05) is 30.3 Å². The molecule has 0 spiro atoms. The zero-order valence-electron chi connectivity index (χ0n) is 14.1. The Hall–Kier alpha value is -3.15. The maximum atomic E-state index is 14.3. The van der Waals surface area contributed by atoms with E-state index in [1.54, 1.807) is 17.9 Å². The van der Waals surface area contributed by atoms with Crippen molar-refractivity contribution < 1.29 is 14.0 Å². The summed E-state index contributed by atoms with van der Waals surface area (Å²) in [4.78, 5) is 32.2. The van der Waals surface area contributed by atoms with Crippen molar-refractivity contribution in [2.24, 2.45) is 0 Å². The molecule has 2 aliphatic rings. The number of hydrogen-bond acceptors (Lipinski definition) is 2. The average Bonchev–Trinajstić information content (AvgIpc) is 3.11. The molecule has 1 saturated heterocycles. The number of fused-ring (bicyclic) bond motifs is 5. The van der Waals surface area contributed by atoms with E-state index in [1.165, 1.54) is 18.2 Å². The number of nitrogens with one attached hydrogen (secondary N) is 1. The Morgan fingerprint density at radius 3 is 2.62 bits per heavy atom. The lowest BCUT2D eigenvalue weighted by Crippen LogP contribution is -2.49. The molecule has 0 saturated carbocycles. The molecule has 1 aromatic heterocycles. The number of aromatic amines is 1. The molecule has 5 nitrogen and oxygen atoms in total. The van der Waals surface area contributed by atoms with Gasteiger partial charge >= 0.3 is 6.03 Å². The van der Waals surface area contributed by atoms with Crippen molar-refractivity contribution in [2.45, 2.75) is 18.9 Å². The summed E-state index contributed by atoms with van der Waals surface area (Å²) < 4.78 is 14.3. The summed E-state index contributed by atoms with van der Waals surface area (Å²) in [6.07, 6.45) is 0.652. The van der Waals surface area contributed by atoms with Crippen LogP contribution in [0.3, 0.4) is 0 Å². The summed E-state index contributed by atoms with van der Waals surface area (Å²) in [5.41, 5.74) is 1.55. The van der Waals surface area contributed by atoms with Crippen molar-refractivity contribution in [1.29, 1.82) is 0 Å². The molecule has 1 N–H and O–H groups in total. The quantitative estimate of drug-likeness (QED) is 0.683. The van der Waals surface area contributed by atoms with Gasteiger partial charge in [0.2, 0.25) is 0 Å². The van der Waals surface area contributed by atoms with Crippen LogP contribution in [-0.2, 0) is 16.8 Å². The van der Waals surface area contributed by atoms with E-state index in [0.29, 0.717) is 13.0 Å². The van der Waals surface area contributed by atoms with E-state index in [1.807, 2.05) is 24.3 Å². The van der Waals surface area contributed by atoms with Crippen LogP contribution in [0.2, 0.25) is 0 Å². The molecule has 3 heterocycles. The van der Waals surface area contributed by atoms with Gasteiger partial charge in [-0.15, -0.1) is 0 Å². The Morgan fingerprint density at radius 1 is 1.08 bits per heavy atom. The van der Waals surface area contributed by atoms with Gasteiger partial charge in [0, 0.05) is 17.4 Å². The fourth-order valence-corrected chi connectivity index (χ4v) is 4.24. The number of rotatable bonds is 1. The first kappa shape index (κ1) is 15.1. The predicted octanol–water partition coefficient (Wildman–Crippen LogP) is 3.55. The van der Waals surface area contributed by atoms with Gasteiger partial charge in [0.1, 0.15) is 5.82 Å². The number of benzene rings is 2. The number of para-hydroxylation sites is 2. The second-order valence-corrected chi connectivity index (χ2v) is 6.87. The third-order valence-corrected chi connectivity index (χ3v) is 5.56. The average molecular weight is 349 g/mol. The third kappa shape index (κ3) is 1.68. The number of imide groups is 1. The number of carbonyl (C=O) groups is 2. The lowest BCUT2D eigenvalue weighted by molar-refractivity contribution is -0.125. The number of carbonyl (C=O) groups excluding carboxylic acids is 2. The molecular weight excluding hydrogens is 333 g/mol. The summed E-state index contributed by atoms with van der Waals surface area (Å²) in [5, 5.41) is 1.06. The highest BCUT2D eigenvalue weighted by atomic mass is 19.1. The topological polar surface area (TPSA) is 56.4 Å². The number of hydrogen-bond donors (Lipinski definition) is 1. The van der Waals surface area contributed by atoms with Crippen molar-refractivity contribution in [3.8, 4) is 0 Å². The maximum Gasteiger partial charge on any atom is 0.332 e. The highest BCUT2D eigenvalue weighted by molar-refractivity contribution is 6.23. The molecule has 0 radical (unpaired) electrons. The van der Waals surface area contributed by atoms with Gasteiger partial charge in [0.25, 0.3) is 5.91 Å². The Kier molecular flexibility index (Phi) is 2.88. The van der Waals surface area contributed by atoms with Crippen LogP contribution in [0.4, 0.5) is 14.9 Å². The van der Waals surface area contributed by atoms with Crippen LogP contribution >= 0.6 is 0 Å². The number of H-pyrrole nitrogens is 1. The SMILES string of the molecule is C[C@@]12C(=O)N(c3ccccc3F)C(=O)N1CCc1c2[nH]c2ccccc12. The number of aromatic nitrogens is 1. The molecule has 0 aliphatic carbocycles. The Morgan fingerprint density at radius 2 is 1.81 bits per heavy atom. The molecular formula is C20H16FN3O2. The molecule has 26 heavy (non-hydrogen) atoms. The van der Waals surface area contributed by atoms with E-state index < -0.39 is 23.3 Å². The number of urea groups is 1. The monoisotopic (exact) mass is 349 g/mol. The van der Waals surface area contributed by atoms with E-state index >= 15 is 0 Å². The van der Waals surface area contributed by atoms with Crippen LogP contribution in [0.15, 0.2) is 48.5 Å². The number of amides is 3. The molecule has 1 fully saturated rings. The molecule has 2 aliphatic heterocycles. The number of nitrogens with zero attached hydrogens (tertiary/aromatic N) is 2. The second kappa shape index (κ2) is 4.94. The minimum absolute atomic E-state index is 0.00390.